The highest BCUT2D eigenvalue weighted by Gasteiger charge is 2.21. The number of nitrogens with one attached hydrogen (secondary N) is 1. The second kappa shape index (κ2) is 8.95. The summed E-state index contributed by atoms with van der Waals surface area (Å²) in [7, 11) is 0. The Hall–Kier alpha value is -2.05. The van der Waals surface area contributed by atoms with Crippen LogP contribution in [0.4, 0.5) is 0 Å². The number of hydrogen-bond donors (Lipinski definition) is 3. The molecule has 1 amide bonds. The zero-order chi connectivity index (χ0) is 14.8. The van der Waals surface area contributed by atoms with Crippen LogP contribution in [0.5, 0.6) is 0 Å². The smallest absolute Gasteiger partial charge is 0.230 e. The van der Waals surface area contributed by atoms with Gasteiger partial charge in [0, 0.05) is 25.5 Å². The van der Waals surface area contributed by atoms with Crippen molar-refractivity contribution < 1.29 is 10.0 Å². The van der Waals surface area contributed by atoms with Crippen LogP contribution >= 0.6 is 0 Å². The van der Waals surface area contributed by atoms with Gasteiger partial charge in [0.2, 0.25) is 5.91 Å². The first-order valence-electron chi connectivity index (χ1n) is 6.90. The zero-order valence-corrected chi connectivity index (χ0v) is 11.8. The Bertz CT molecular complexity index is 416. The van der Waals surface area contributed by atoms with Gasteiger partial charge in [-0.15, -0.1) is 0 Å². The van der Waals surface area contributed by atoms with Gasteiger partial charge in [-0.3, -0.25) is 4.79 Å². The molecular formula is C13H23N5O2. The van der Waals surface area contributed by atoms with Crippen molar-refractivity contribution in [3.8, 4) is 0 Å². The first-order valence-corrected chi connectivity index (χ1v) is 6.90. The Labute approximate surface area is 118 Å². The lowest BCUT2D eigenvalue weighted by atomic mass is 10.0. The number of aryl methyl sites for hydroxylation is 1. The lowest BCUT2D eigenvalue weighted by Crippen LogP contribution is -2.39. The average Bonchev–Trinajstić information content (AvgIpc) is 2.96. The van der Waals surface area contributed by atoms with Crippen LogP contribution in [0.2, 0.25) is 0 Å². The number of imidazole rings is 1. The Morgan fingerprint density at radius 1 is 1.55 bits per heavy atom. The molecule has 0 aromatic carbocycles. The molecule has 7 nitrogen and oxygen atoms in total. The van der Waals surface area contributed by atoms with E-state index in [4.69, 9.17) is 10.9 Å². The number of rotatable bonds is 9. The third-order valence-electron chi connectivity index (χ3n) is 3.07. The summed E-state index contributed by atoms with van der Waals surface area (Å²) in [6.45, 7) is 3.43. The largest absolute Gasteiger partial charge is 0.409 e. The molecule has 0 bridgehead atoms. The van der Waals surface area contributed by atoms with Gasteiger partial charge >= 0.3 is 0 Å². The molecule has 0 aliphatic heterocycles. The maximum Gasteiger partial charge on any atom is 0.230 e. The molecule has 0 saturated carbocycles. The minimum Gasteiger partial charge on any atom is -0.409 e. The van der Waals surface area contributed by atoms with Crippen molar-refractivity contribution in [2.45, 2.75) is 39.2 Å². The Kier molecular flexibility index (Phi) is 7.16. The SMILES string of the molecule is CCCC(C(=O)NCCCCn1ccnc1)C(N)=NO. The lowest BCUT2D eigenvalue weighted by molar-refractivity contribution is -0.123. The van der Waals surface area contributed by atoms with Gasteiger partial charge in [0.05, 0.1) is 12.2 Å². The van der Waals surface area contributed by atoms with Gasteiger partial charge in [-0.25, -0.2) is 4.98 Å². The highest BCUT2D eigenvalue weighted by atomic mass is 16.4. The van der Waals surface area contributed by atoms with E-state index in [-0.39, 0.29) is 11.7 Å². The molecule has 1 aromatic rings. The highest BCUT2D eigenvalue weighted by Crippen LogP contribution is 2.07. The summed E-state index contributed by atoms with van der Waals surface area (Å²) >= 11 is 0. The van der Waals surface area contributed by atoms with E-state index in [9.17, 15) is 4.79 Å². The number of nitrogens with zero attached hydrogens (tertiary/aromatic N) is 3. The summed E-state index contributed by atoms with van der Waals surface area (Å²) in [6.07, 6.45) is 8.64. The molecule has 0 aliphatic carbocycles. The van der Waals surface area contributed by atoms with Crippen LogP contribution in [0.15, 0.2) is 23.9 Å². The number of oxime groups is 1. The van der Waals surface area contributed by atoms with Gasteiger partial charge < -0.3 is 20.8 Å². The first kappa shape index (κ1) is 16.0. The second-order valence-electron chi connectivity index (χ2n) is 4.66. The Balaban J connectivity index is 2.23. The molecule has 4 N–H and O–H groups in total. The van der Waals surface area contributed by atoms with Crippen molar-refractivity contribution in [2.24, 2.45) is 16.8 Å². The third-order valence-corrected chi connectivity index (χ3v) is 3.07. The van der Waals surface area contributed by atoms with Crippen molar-refractivity contribution >= 4 is 11.7 Å². The average molecular weight is 281 g/mol. The van der Waals surface area contributed by atoms with Gasteiger partial charge in [0.15, 0.2) is 5.84 Å². The quantitative estimate of drug-likeness (QED) is 0.206. The van der Waals surface area contributed by atoms with E-state index >= 15 is 0 Å². The second-order valence-corrected chi connectivity index (χ2v) is 4.66. The van der Waals surface area contributed by atoms with Crippen LogP contribution < -0.4 is 11.1 Å². The monoisotopic (exact) mass is 281 g/mol. The summed E-state index contributed by atoms with van der Waals surface area (Å²) < 4.78 is 2.00. The summed E-state index contributed by atoms with van der Waals surface area (Å²) in [4.78, 5) is 15.9. The van der Waals surface area contributed by atoms with Crippen molar-refractivity contribution in [1.82, 2.24) is 14.9 Å². The fourth-order valence-electron chi connectivity index (χ4n) is 1.94. The molecule has 1 unspecified atom stereocenters. The number of aromatic nitrogens is 2. The van der Waals surface area contributed by atoms with Gasteiger partial charge in [0.25, 0.3) is 0 Å². The highest BCUT2D eigenvalue weighted by molar-refractivity contribution is 6.01. The van der Waals surface area contributed by atoms with Gasteiger partial charge in [-0.2, -0.15) is 0 Å². The number of unbranched alkanes of at least 4 members (excludes halogenated alkanes) is 1. The van der Waals surface area contributed by atoms with Crippen LogP contribution in [-0.2, 0) is 11.3 Å². The first-order chi connectivity index (χ1) is 9.69. The number of carbonyl (C=O) groups excluding carboxylic acids is 1. The molecule has 0 aliphatic rings. The maximum absolute atomic E-state index is 11.9. The summed E-state index contributed by atoms with van der Waals surface area (Å²) in [5.41, 5.74) is 5.53. The molecular weight excluding hydrogens is 258 g/mol. The standard InChI is InChI=1S/C13H23N5O2/c1-2-5-11(12(14)17-20)13(19)16-6-3-4-8-18-9-7-15-10-18/h7,9-11,20H,2-6,8H2,1H3,(H2,14,17)(H,16,19). The van der Waals surface area contributed by atoms with Gasteiger partial charge in [0.1, 0.15) is 0 Å². The van der Waals surface area contributed by atoms with Gasteiger partial charge in [-0.1, -0.05) is 18.5 Å². The topological polar surface area (TPSA) is 106 Å². The Morgan fingerprint density at radius 3 is 2.95 bits per heavy atom. The number of hydrogen-bond acceptors (Lipinski definition) is 4. The predicted molar refractivity (Wildman–Crippen MR) is 76.3 cm³/mol. The number of carbonyl (C=O) groups is 1. The molecule has 112 valence electrons. The molecule has 0 radical (unpaired) electrons. The zero-order valence-electron chi connectivity index (χ0n) is 11.8. The van der Waals surface area contributed by atoms with Crippen LogP contribution in [0.1, 0.15) is 32.6 Å². The van der Waals surface area contributed by atoms with Gasteiger partial charge in [-0.05, 0) is 19.3 Å². The molecule has 7 heteroatoms. The van der Waals surface area contributed by atoms with E-state index in [0.29, 0.717) is 13.0 Å². The Morgan fingerprint density at radius 2 is 2.35 bits per heavy atom. The van der Waals surface area contributed by atoms with Crippen molar-refractivity contribution in [3.05, 3.63) is 18.7 Å². The maximum atomic E-state index is 11.9. The summed E-state index contributed by atoms with van der Waals surface area (Å²) in [5, 5.41) is 14.4. The van der Waals surface area contributed by atoms with E-state index in [1.807, 2.05) is 17.7 Å². The van der Waals surface area contributed by atoms with Crippen LogP contribution in [0, 0.1) is 5.92 Å². The van der Waals surface area contributed by atoms with E-state index in [0.717, 1.165) is 25.8 Å². The molecule has 1 atom stereocenters. The summed E-state index contributed by atoms with van der Waals surface area (Å²) in [5.74, 6) is -0.744. The minimum absolute atomic E-state index is 0.0252. The van der Waals surface area contributed by atoms with E-state index in [2.05, 4.69) is 15.5 Å². The predicted octanol–water partition coefficient (Wildman–Crippen LogP) is 0.942. The van der Waals surface area contributed by atoms with Crippen molar-refractivity contribution in [3.63, 3.8) is 0 Å². The number of amidine groups is 1. The van der Waals surface area contributed by atoms with Crippen LogP contribution in [0.25, 0.3) is 0 Å². The minimum atomic E-state index is -0.543. The third kappa shape index (κ3) is 5.29. The summed E-state index contributed by atoms with van der Waals surface area (Å²) in [6, 6.07) is 0. The lowest BCUT2D eigenvalue weighted by Gasteiger charge is -2.14. The molecule has 0 fully saturated rings. The molecule has 1 aromatic heterocycles. The van der Waals surface area contributed by atoms with E-state index < -0.39 is 5.92 Å². The number of amides is 1. The number of nitrogens with two attached hydrogens (primary N) is 1. The van der Waals surface area contributed by atoms with E-state index in [1.54, 1.807) is 12.5 Å². The van der Waals surface area contributed by atoms with Crippen LogP contribution in [-0.4, -0.2) is 33.0 Å². The van der Waals surface area contributed by atoms with Crippen molar-refractivity contribution in [1.29, 1.82) is 0 Å². The fourth-order valence-corrected chi connectivity index (χ4v) is 1.94. The molecule has 1 heterocycles. The normalized spacial score (nSPS) is 13.2. The molecule has 0 spiro atoms. The fraction of sp³-hybridized carbons (Fsp3) is 0.615. The van der Waals surface area contributed by atoms with Crippen molar-refractivity contribution in [2.75, 3.05) is 6.54 Å². The molecule has 0 saturated heterocycles. The molecule has 1 rings (SSSR count). The van der Waals surface area contributed by atoms with Crippen LogP contribution in [0.3, 0.4) is 0 Å². The molecule has 20 heavy (non-hydrogen) atoms. The van der Waals surface area contributed by atoms with E-state index in [1.165, 1.54) is 0 Å².